The molecule has 0 spiro atoms. The van der Waals surface area contributed by atoms with Gasteiger partial charge >= 0.3 is 0 Å². The highest BCUT2D eigenvalue weighted by atomic mass is 32.2. The van der Waals surface area contributed by atoms with E-state index >= 15 is 0 Å². The molecule has 25 heavy (non-hydrogen) atoms. The van der Waals surface area contributed by atoms with Gasteiger partial charge < -0.3 is 4.90 Å². The average Bonchev–Trinajstić information content (AvgIpc) is 3.27. The van der Waals surface area contributed by atoms with Crippen molar-refractivity contribution in [1.82, 2.24) is 4.90 Å². The van der Waals surface area contributed by atoms with Gasteiger partial charge in [0.1, 0.15) is 0 Å². The molecule has 0 N–H and O–H groups in total. The zero-order chi connectivity index (χ0) is 17.8. The third-order valence-corrected chi connectivity index (χ3v) is 9.93. The molecule has 4 aliphatic rings. The molecule has 1 amide bonds. The predicted molar refractivity (Wildman–Crippen MR) is 101 cm³/mol. The van der Waals surface area contributed by atoms with Gasteiger partial charge in [-0.15, -0.1) is 0 Å². The summed E-state index contributed by atoms with van der Waals surface area (Å²) in [5, 5.41) is 0.872. The number of carbonyl (C=O) groups is 1. The molecule has 5 nitrogen and oxygen atoms in total. The van der Waals surface area contributed by atoms with E-state index in [0.717, 1.165) is 30.3 Å². The second-order valence-electron chi connectivity index (χ2n) is 8.20. The Hall–Kier alpha value is -0.560. The van der Waals surface area contributed by atoms with Crippen LogP contribution in [0.25, 0.3) is 0 Å². The van der Waals surface area contributed by atoms with Crippen LogP contribution in [0.1, 0.15) is 52.4 Å². The van der Waals surface area contributed by atoms with Crippen molar-refractivity contribution < 1.29 is 13.2 Å². The van der Waals surface area contributed by atoms with Gasteiger partial charge in [-0.3, -0.25) is 4.79 Å². The molecule has 4 rings (SSSR count). The first-order valence-electron chi connectivity index (χ1n) is 9.69. The minimum Gasteiger partial charge on any atom is -0.343 e. The Morgan fingerprint density at radius 1 is 1.20 bits per heavy atom. The molecule has 2 heterocycles. The summed E-state index contributed by atoms with van der Waals surface area (Å²) >= 11 is 1.55. The summed E-state index contributed by atoms with van der Waals surface area (Å²) in [5.74, 6) is 1.87. The van der Waals surface area contributed by atoms with Gasteiger partial charge in [-0.1, -0.05) is 32.0 Å². The normalized spacial score (nSPS) is 40.4. The summed E-state index contributed by atoms with van der Waals surface area (Å²) < 4.78 is 24.3. The molecule has 0 aromatic rings. The molecule has 7 heteroatoms. The highest BCUT2D eigenvalue weighted by Gasteiger charge is 2.54. The van der Waals surface area contributed by atoms with Crippen LogP contribution in [0.5, 0.6) is 0 Å². The SMILES string of the molecule is CCC(CC)C(=O)N=C1S[C@@H]2CS(=O)(=O)C[C@@H]2N1[C@@H]1C[C@@H]2CC[C@@H]1C2. The summed E-state index contributed by atoms with van der Waals surface area (Å²) in [6.07, 6.45) is 6.59. The van der Waals surface area contributed by atoms with E-state index < -0.39 is 9.84 Å². The Labute approximate surface area is 154 Å². The Bertz CT molecular complexity index is 686. The fourth-order valence-corrected chi connectivity index (χ4v) is 9.33. The zero-order valence-corrected chi connectivity index (χ0v) is 16.7. The Morgan fingerprint density at radius 3 is 2.56 bits per heavy atom. The number of fused-ring (bicyclic) bond motifs is 3. The van der Waals surface area contributed by atoms with Crippen LogP contribution in [0, 0.1) is 17.8 Å². The Morgan fingerprint density at radius 2 is 1.96 bits per heavy atom. The predicted octanol–water partition coefficient (Wildman–Crippen LogP) is 2.71. The number of hydrogen-bond donors (Lipinski definition) is 0. The van der Waals surface area contributed by atoms with E-state index in [4.69, 9.17) is 0 Å². The molecule has 0 unspecified atom stereocenters. The molecule has 0 radical (unpaired) electrons. The smallest absolute Gasteiger partial charge is 0.251 e. The highest BCUT2D eigenvalue weighted by Crippen LogP contribution is 2.51. The van der Waals surface area contributed by atoms with Crippen molar-refractivity contribution in [1.29, 1.82) is 0 Å². The van der Waals surface area contributed by atoms with Gasteiger partial charge in [0, 0.05) is 17.2 Å². The first-order valence-corrected chi connectivity index (χ1v) is 12.4. The summed E-state index contributed by atoms with van der Waals surface area (Å²) in [6.45, 7) is 4.06. The minimum atomic E-state index is -2.96. The lowest BCUT2D eigenvalue weighted by Crippen LogP contribution is -2.47. The van der Waals surface area contributed by atoms with Crippen LogP contribution in [-0.4, -0.2) is 53.2 Å². The minimum absolute atomic E-state index is 0.0147. The lowest BCUT2D eigenvalue weighted by Gasteiger charge is -2.36. The van der Waals surface area contributed by atoms with Crippen LogP contribution in [0.4, 0.5) is 0 Å². The van der Waals surface area contributed by atoms with Crippen LogP contribution in [0.3, 0.4) is 0 Å². The number of rotatable bonds is 4. The number of hydrogen-bond acceptors (Lipinski definition) is 4. The van der Waals surface area contributed by atoms with Crippen molar-refractivity contribution >= 4 is 32.7 Å². The van der Waals surface area contributed by atoms with Crippen LogP contribution in [-0.2, 0) is 14.6 Å². The lowest BCUT2D eigenvalue weighted by molar-refractivity contribution is -0.121. The third-order valence-electron chi connectivity index (χ3n) is 6.71. The number of amidine groups is 1. The summed E-state index contributed by atoms with van der Waals surface area (Å²) in [7, 11) is -2.96. The average molecular weight is 385 g/mol. The van der Waals surface area contributed by atoms with Gasteiger partial charge in [-0.25, -0.2) is 8.42 Å². The molecule has 2 saturated heterocycles. The van der Waals surface area contributed by atoms with Crippen molar-refractivity contribution in [2.75, 3.05) is 11.5 Å². The number of thioether (sulfide) groups is 1. The van der Waals surface area contributed by atoms with Crippen molar-refractivity contribution in [2.45, 2.75) is 69.7 Å². The molecule has 4 fully saturated rings. The zero-order valence-electron chi connectivity index (χ0n) is 15.1. The van der Waals surface area contributed by atoms with Crippen molar-refractivity contribution in [2.24, 2.45) is 22.7 Å². The van der Waals surface area contributed by atoms with E-state index in [2.05, 4.69) is 9.89 Å². The van der Waals surface area contributed by atoms with Gasteiger partial charge in [0.25, 0.3) is 5.91 Å². The second-order valence-corrected chi connectivity index (χ2v) is 11.6. The number of aliphatic imine (C=N–C) groups is 1. The number of nitrogens with zero attached hydrogens (tertiary/aromatic N) is 2. The maximum atomic E-state index is 12.6. The quantitative estimate of drug-likeness (QED) is 0.745. The summed E-state index contributed by atoms with van der Waals surface area (Å²) in [6, 6.07) is 0.412. The lowest BCUT2D eigenvalue weighted by atomic mass is 9.93. The van der Waals surface area contributed by atoms with E-state index in [-0.39, 0.29) is 34.6 Å². The van der Waals surface area contributed by atoms with Gasteiger partial charge in [-0.2, -0.15) is 4.99 Å². The molecule has 5 atom stereocenters. The van der Waals surface area contributed by atoms with Gasteiger partial charge in [-0.05, 0) is 43.9 Å². The van der Waals surface area contributed by atoms with Crippen LogP contribution < -0.4 is 0 Å². The molecule has 2 saturated carbocycles. The molecular weight excluding hydrogens is 356 g/mol. The fraction of sp³-hybridized carbons (Fsp3) is 0.889. The standard InChI is InChI=1S/C18H28N2O3S2/c1-3-12(4-2)17(21)19-18-20(14-8-11-5-6-13(14)7-11)15-9-25(22,23)10-16(15)24-18/h11-16H,3-10H2,1-2H3/t11-,13-,14-,15+,16-/m1/s1. The number of sulfone groups is 1. The van der Waals surface area contributed by atoms with E-state index in [1.54, 1.807) is 11.8 Å². The van der Waals surface area contributed by atoms with Crippen LogP contribution >= 0.6 is 11.8 Å². The number of amides is 1. The Balaban J connectivity index is 1.63. The summed E-state index contributed by atoms with van der Waals surface area (Å²) in [4.78, 5) is 19.4. The third kappa shape index (κ3) is 3.15. The second kappa shape index (κ2) is 6.55. The molecular formula is C18H28N2O3S2. The molecule has 2 bridgehead atoms. The Kier molecular flexibility index (Phi) is 4.67. The molecule has 2 aliphatic heterocycles. The van der Waals surface area contributed by atoms with Crippen LogP contribution in [0.15, 0.2) is 4.99 Å². The maximum absolute atomic E-state index is 12.6. The fourth-order valence-electron chi connectivity index (χ4n) is 5.35. The van der Waals surface area contributed by atoms with Crippen LogP contribution in [0.2, 0.25) is 0 Å². The monoisotopic (exact) mass is 384 g/mol. The van der Waals surface area contributed by atoms with E-state index in [0.29, 0.717) is 12.0 Å². The molecule has 140 valence electrons. The van der Waals surface area contributed by atoms with E-state index in [1.165, 1.54) is 19.3 Å². The van der Waals surface area contributed by atoms with Gasteiger partial charge in [0.2, 0.25) is 0 Å². The van der Waals surface area contributed by atoms with Crippen molar-refractivity contribution in [3.63, 3.8) is 0 Å². The maximum Gasteiger partial charge on any atom is 0.251 e. The number of carbonyl (C=O) groups excluding carboxylic acids is 1. The highest BCUT2D eigenvalue weighted by molar-refractivity contribution is 8.15. The summed E-state index contributed by atoms with van der Waals surface area (Å²) in [5.41, 5.74) is 0. The van der Waals surface area contributed by atoms with E-state index in [9.17, 15) is 13.2 Å². The first kappa shape index (κ1) is 17.8. The van der Waals surface area contributed by atoms with Gasteiger partial charge in [0.05, 0.1) is 17.5 Å². The van der Waals surface area contributed by atoms with E-state index in [1.807, 2.05) is 13.8 Å². The van der Waals surface area contributed by atoms with Crippen molar-refractivity contribution in [3.05, 3.63) is 0 Å². The molecule has 0 aromatic carbocycles. The van der Waals surface area contributed by atoms with Crippen molar-refractivity contribution in [3.8, 4) is 0 Å². The first-order chi connectivity index (χ1) is 11.9. The molecule has 0 aromatic heterocycles. The topological polar surface area (TPSA) is 66.8 Å². The van der Waals surface area contributed by atoms with Gasteiger partial charge in [0.15, 0.2) is 15.0 Å². The molecule has 2 aliphatic carbocycles. The largest absolute Gasteiger partial charge is 0.343 e.